The standard InChI is InChI=1S/C17H26N2OS/c1-4-14(5-2)12(3)19-17(20)15(16(18)21)11-13-9-7-6-8-10-13/h6-10,12,14-15H,4-5,11H2,1-3H3,(H2,18,21)(H,19,20). The van der Waals surface area contributed by atoms with Gasteiger partial charge in [0.25, 0.3) is 0 Å². The lowest BCUT2D eigenvalue weighted by molar-refractivity contribution is -0.124. The Balaban J connectivity index is 2.72. The van der Waals surface area contributed by atoms with Crippen LogP contribution < -0.4 is 11.1 Å². The molecule has 4 heteroatoms. The Morgan fingerprint density at radius 3 is 2.29 bits per heavy atom. The van der Waals surface area contributed by atoms with Crippen LogP contribution in [-0.4, -0.2) is 16.9 Å². The van der Waals surface area contributed by atoms with Gasteiger partial charge in [0, 0.05) is 6.04 Å². The SMILES string of the molecule is CCC(CC)C(C)NC(=O)C(Cc1ccccc1)C(N)=S. The van der Waals surface area contributed by atoms with E-state index in [1.54, 1.807) is 0 Å². The Morgan fingerprint density at radius 1 is 1.24 bits per heavy atom. The van der Waals surface area contributed by atoms with Gasteiger partial charge >= 0.3 is 0 Å². The summed E-state index contributed by atoms with van der Waals surface area (Å²) in [7, 11) is 0. The second kappa shape index (κ2) is 8.78. The highest BCUT2D eigenvalue weighted by Crippen LogP contribution is 2.15. The van der Waals surface area contributed by atoms with E-state index in [4.69, 9.17) is 18.0 Å². The van der Waals surface area contributed by atoms with Gasteiger partial charge in [0.05, 0.1) is 10.9 Å². The van der Waals surface area contributed by atoms with Gasteiger partial charge in [-0.05, 0) is 24.8 Å². The molecule has 0 spiro atoms. The Hall–Kier alpha value is -1.42. The van der Waals surface area contributed by atoms with Crippen molar-refractivity contribution in [1.82, 2.24) is 5.32 Å². The number of nitrogens with two attached hydrogens (primary N) is 1. The van der Waals surface area contributed by atoms with Crippen molar-refractivity contribution in [2.45, 2.75) is 46.1 Å². The van der Waals surface area contributed by atoms with Crippen LogP contribution in [0.2, 0.25) is 0 Å². The molecule has 0 bridgehead atoms. The van der Waals surface area contributed by atoms with E-state index < -0.39 is 5.92 Å². The molecule has 2 unspecified atom stereocenters. The molecule has 0 aliphatic heterocycles. The summed E-state index contributed by atoms with van der Waals surface area (Å²) < 4.78 is 0. The van der Waals surface area contributed by atoms with Gasteiger partial charge in [-0.1, -0.05) is 69.2 Å². The number of carbonyl (C=O) groups is 1. The van der Waals surface area contributed by atoms with E-state index in [1.807, 2.05) is 30.3 Å². The molecule has 116 valence electrons. The normalized spacial score (nSPS) is 13.7. The van der Waals surface area contributed by atoms with E-state index in [9.17, 15) is 4.79 Å². The number of rotatable bonds is 8. The second-order valence-electron chi connectivity index (χ2n) is 5.52. The minimum atomic E-state index is -0.445. The zero-order chi connectivity index (χ0) is 15.8. The Bertz CT molecular complexity index is 457. The third-order valence-corrected chi connectivity index (χ3v) is 4.35. The van der Waals surface area contributed by atoms with Crippen LogP contribution in [0.25, 0.3) is 0 Å². The fourth-order valence-corrected chi connectivity index (χ4v) is 2.80. The topological polar surface area (TPSA) is 55.1 Å². The lowest BCUT2D eigenvalue weighted by atomic mass is 9.93. The van der Waals surface area contributed by atoms with Gasteiger partial charge in [0.2, 0.25) is 5.91 Å². The molecule has 0 heterocycles. The quantitative estimate of drug-likeness (QED) is 0.726. The molecule has 0 saturated heterocycles. The highest BCUT2D eigenvalue weighted by molar-refractivity contribution is 7.80. The molecule has 0 saturated carbocycles. The highest BCUT2D eigenvalue weighted by atomic mass is 32.1. The predicted molar refractivity (Wildman–Crippen MR) is 92.1 cm³/mol. The Morgan fingerprint density at radius 2 is 1.81 bits per heavy atom. The summed E-state index contributed by atoms with van der Waals surface area (Å²) in [5.74, 6) is -0.0253. The van der Waals surface area contributed by atoms with Crippen LogP contribution in [0.1, 0.15) is 39.2 Å². The number of thiocarbonyl (C=S) groups is 1. The number of benzene rings is 1. The summed E-state index contributed by atoms with van der Waals surface area (Å²) >= 11 is 5.08. The van der Waals surface area contributed by atoms with Crippen molar-refractivity contribution >= 4 is 23.1 Å². The summed E-state index contributed by atoms with van der Waals surface area (Å²) in [6, 6.07) is 9.98. The first kappa shape index (κ1) is 17.6. The molecule has 0 fully saturated rings. The fraction of sp³-hybridized carbons (Fsp3) is 0.529. The van der Waals surface area contributed by atoms with Gasteiger partial charge in [0.15, 0.2) is 0 Å². The molecule has 0 aromatic heterocycles. The van der Waals surface area contributed by atoms with Crippen molar-refractivity contribution in [1.29, 1.82) is 0 Å². The molecule has 2 atom stereocenters. The molecule has 3 nitrogen and oxygen atoms in total. The second-order valence-corrected chi connectivity index (χ2v) is 5.99. The van der Waals surface area contributed by atoms with Crippen LogP contribution in [0.15, 0.2) is 30.3 Å². The van der Waals surface area contributed by atoms with Crippen molar-refractivity contribution in [3.63, 3.8) is 0 Å². The zero-order valence-electron chi connectivity index (χ0n) is 13.1. The third-order valence-electron chi connectivity index (χ3n) is 4.07. The molecule has 0 aliphatic carbocycles. The summed E-state index contributed by atoms with van der Waals surface area (Å²) in [5.41, 5.74) is 6.84. The van der Waals surface area contributed by atoms with Crippen LogP contribution >= 0.6 is 12.2 Å². The van der Waals surface area contributed by atoms with E-state index in [-0.39, 0.29) is 16.9 Å². The van der Waals surface area contributed by atoms with Crippen LogP contribution in [0.3, 0.4) is 0 Å². The van der Waals surface area contributed by atoms with Gasteiger partial charge in [-0.3, -0.25) is 4.79 Å². The maximum atomic E-state index is 12.5. The summed E-state index contributed by atoms with van der Waals surface area (Å²) in [6.07, 6.45) is 2.65. The number of hydrogen-bond donors (Lipinski definition) is 2. The molecule has 1 rings (SSSR count). The molecule has 1 amide bonds. The van der Waals surface area contributed by atoms with E-state index >= 15 is 0 Å². The molecule has 3 N–H and O–H groups in total. The van der Waals surface area contributed by atoms with Gasteiger partial charge in [-0.15, -0.1) is 0 Å². The summed E-state index contributed by atoms with van der Waals surface area (Å²) in [6.45, 7) is 6.34. The number of hydrogen-bond acceptors (Lipinski definition) is 2. The van der Waals surface area contributed by atoms with E-state index in [1.165, 1.54) is 0 Å². The van der Waals surface area contributed by atoms with E-state index in [0.29, 0.717) is 12.3 Å². The summed E-state index contributed by atoms with van der Waals surface area (Å²) in [5, 5.41) is 3.08. The molecule has 0 aliphatic rings. The van der Waals surface area contributed by atoms with Crippen LogP contribution in [0.4, 0.5) is 0 Å². The van der Waals surface area contributed by atoms with Crippen molar-refractivity contribution in [3.8, 4) is 0 Å². The average Bonchev–Trinajstić information content (AvgIpc) is 2.46. The zero-order valence-corrected chi connectivity index (χ0v) is 14.0. The molecule has 21 heavy (non-hydrogen) atoms. The van der Waals surface area contributed by atoms with Gasteiger partial charge in [0.1, 0.15) is 0 Å². The first-order valence-corrected chi connectivity index (χ1v) is 8.04. The maximum Gasteiger partial charge on any atom is 0.230 e. The largest absolute Gasteiger partial charge is 0.393 e. The van der Waals surface area contributed by atoms with Gasteiger partial charge in [-0.2, -0.15) is 0 Å². The Labute approximate surface area is 133 Å². The molecule has 1 aromatic carbocycles. The lowest BCUT2D eigenvalue weighted by Gasteiger charge is -2.25. The van der Waals surface area contributed by atoms with Gasteiger partial charge in [-0.25, -0.2) is 0 Å². The third kappa shape index (κ3) is 5.46. The number of amides is 1. The van der Waals surface area contributed by atoms with Crippen molar-refractivity contribution < 1.29 is 4.79 Å². The minimum Gasteiger partial charge on any atom is -0.393 e. The first-order valence-electron chi connectivity index (χ1n) is 7.63. The first-order chi connectivity index (χ1) is 9.99. The number of nitrogens with one attached hydrogen (secondary N) is 1. The van der Waals surface area contributed by atoms with Crippen molar-refractivity contribution in [2.24, 2.45) is 17.6 Å². The molecular formula is C17H26N2OS. The monoisotopic (exact) mass is 306 g/mol. The summed E-state index contributed by atoms with van der Waals surface area (Å²) in [4.78, 5) is 12.7. The fourth-order valence-electron chi connectivity index (χ4n) is 2.61. The van der Waals surface area contributed by atoms with E-state index in [0.717, 1.165) is 18.4 Å². The maximum absolute atomic E-state index is 12.5. The van der Waals surface area contributed by atoms with Crippen molar-refractivity contribution in [3.05, 3.63) is 35.9 Å². The Kier molecular flexibility index (Phi) is 7.37. The van der Waals surface area contributed by atoms with E-state index in [2.05, 4.69) is 26.1 Å². The lowest BCUT2D eigenvalue weighted by Crippen LogP contribution is -2.45. The molecule has 0 radical (unpaired) electrons. The molecular weight excluding hydrogens is 280 g/mol. The van der Waals surface area contributed by atoms with Crippen LogP contribution in [-0.2, 0) is 11.2 Å². The highest BCUT2D eigenvalue weighted by Gasteiger charge is 2.25. The van der Waals surface area contributed by atoms with Crippen LogP contribution in [0, 0.1) is 11.8 Å². The number of carbonyl (C=O) groups excluding carboxylic acids is 1. The smallest absolute Gasteiger partial charge is 0.230 e. The molecule has 1 aromatic rings. The van der Waals surface area contributed by atoms with Crippen molar-refractivity contribution in [2.75, 3.05) is 0 Å². The van der Waals surface area contributed by atoms with Crippen LogP contribution in [0.5, 0.6) is 0 Å². The predicted octanol–water partition coefficient (Wildman–Crippen LogP) is 3.07. The van der Waals surface area contributed by atoms with Gasteiger partial charge < -0.3 is 11.1 Å². The average molecular weight is 306 g/mol. The minimum absolute atomic E-state index is 0.0641.